The maximum absolute atomic E-state index is 12.3. The number of benzene rings is 2. The van der Waals surface area contributed by atoms with Gasteiger partial charge < -0.3 is 17.0 Å². The first-order valence-corrected chi connectivity index (χ1v) is 8.39. The van der Waals surface area contributed by atoms with E-state index in [1.54, 1.807) is 76.4 Å². The molecule has 0 atom stereocenters. The standard InChI is InChI=1S/C19H15Cl2N2O2.BrH/c20-16-5-1-14(2-6-16)18(24)11-22-9-10-23(13-22)12-19(25)15-3-7-17(21)8-4-15;/h1-10,13H,11-12H2;1H/q+1;/p-1. The molecule has 0 N–H and O–H groups in total. The molecule has 0 unspecified atom stereocenters. The average Bonchev–Trinajstić information content (AvgIpc) is 3.02. The van der Waals surface area contributed by atoms with Crippen molar-refractivity contribution < 1.29 is 31.1 Å². The number of nitrogens with zero attached hydrogens (tertiary/aromatic N) is 2. The molecular formula is C19H15BrCl2N2O2. The summed E-state index contributed by atoms with van der Waals surface area (Å²) in [6.45, 7) is 0.396. The molecule has 4 nitrogen and oxygen atoms in total. The third-order valence-corrected chi connectivity index (χ3v) is 4.23. The van der Waals surface area contributed by atoms with Crippen molar-refractivity contribution in [3.8, 4) is 0 Å². The molecule has 134 valence electrons. The van der Waals surface area contributed by atoms with Crippen LogP contribution in [0.25, 0.3) is 0 Å². The average molecular weight is 454 g/mol. The molecule has 7 heteroatoms. The van der Waals surface area contributed by atoms with Crippen LogP contribution in [0.1, 0.15) is 20.7 Å². The van der Waals surface area contributed by atoms with Crippen LogP contribution in [0.5, 0.6) is 0 Å². The lowest BCUT2D eigenvalue weighted by Crippen LogP contribution is -3.00. The molecule has 0 fully saturated rings. The minimum absolute atomic E-state index is 0. The minimum Gasteiger partial charge on any atom is -1.00 e. The Bertz CT molecular complexity index is 832. The Kier molecular flexibility index (Phi) is 7.14. The smallest absolute Gasteiger partial charge is 0.244 e. The number of carbonyl (C=O) groups is 2. The Labute approximate surface area is 171 Å². The maximum Gasteiger partial charge on any atom is 0.244 e. The second-order valence-corrected chi connectivity index (χ2v) is 6.49. The van der Waals surface area contributed by atoms with E-state index in [2.05, 4.69) is 0 Å². The van der Waals surface area contributed by atoms with Gasteiger partial charge in [0.1, 0.15) is 12.4 Å². The van der Waals surface area contributed by atoms with Crippen LogP contribution in [0.3, 0.4) is 0 Å². The molecule has 26 heavy (non-hydrogen) atoms. The van der Waals surface area contributed by atoms with Crippen molar-refractivity contribution in [3.63, 3.8) is 0 Å². The third kappa shape index (κ3) is 5.27. The minimum atomic E-state index is -0.0246. The van der Waals surface area contributed by atoms with E-state index in [9.17, 15) is 9.59 Å². The van der Waals surface area contributed by atoms with Gasteiger partial charge in [-0.3, -0.25) is 9.59 Å². The van der Waals surface area contributed by atoms with E-state index in [0.29, 0.717) is 21.2 Å². The van der Waals surface area contributed by atoms with Crippen molar-refractivity contribution in [1.82, 2.24) is 4.57 Å². The second-order valence-electron chi connectivity index (χ2n) is 5.62. The third-order valence-electron chi connectivity index (χ3n) is 3.73. The SMILES string of the molecule is O=C(Cn1cc[n+](CC(=O)c2ccc(Cl)cc2)c1)c1ccc(Cl)cc1.[Br-]. The summed E-state index contributed by atoms with van der Waals surface area (Å²) in [5.41, 5.74) is 1.20. The topological polar surface area (TPSA) is 43.0 Å². The van der Waals surface area contributed by atoms with Crippen LogP contribution < -0.4 is 21.5 Å². The summed E-state index contributed by atoms with van der Waals surface area (Å²) in [5.74, 6) is -0.0492. The zero-order chi connectivity index (χ0) is 17.8. The molecule has 0 bridgehead atoms. The van der Waals surface area contributed by atoms with Crippen LogP contribution in [0.4, 0.5) is 0 Å². The van der Waals surface area contributed by atoms with Gasteiger partial charge in [0.15, 0.2) is 13.1 Å². The first-order chi connectivity index (χ1) is 12.0. The molecule has 0 saturated heterocycles. The number of aromatic nitrogens is 2. The van der Waals surface area contributed by atoms with Crippen molar-refractivity contribution in [3.05, 3.63) is 88.4 Å². The highest BCUT2D eigenvalue weighted by atomic mass is 79.9. The number of carbonyl (C=O) groups excluding carboxylic acids is 2. The summed E-state index contributed by atoms with van der Waals surface area (Å²) in [4.78, 5) is 24.5. The van der Waals surface area contributed by atoms with Crippen molar-refractivity contribution in [1.29, 1.82) is 0 Å². The van der Waals surface area contributed by atoms with Crippen LogP contribution in [0.15, 0.2) is 67.3 Å². The van der Waals surface area contributed by atoms with Crippen LogP contribution in [-0.4, -0.2) is 16.1 Å². The van der Waals surface area contributed by atoms with E-state index in [4.69, 9.17) is 23.2 Å². The van der Waals surface area contributed by atoms with Gasteiger partial charge in [-0.15, -0.1) is 0 Å². The van der Waals surface area contributed by atoms with Crippen LogP contribution in [0, 0.1) is 0 Å². The molecule has 0 amide bonds. The summed E-state index contributed by atoms with van der Waals surface area (Å²) < 4.78 is 3.48. The lowest BCUT2D eigenvalue weighted by Gasteiger charge is -1.99. The van der Waals surface area contributed by atoms with Gasteiger partial charge in [0.05, 0.1) is 0 Å². The number of rotatable bonds is 6. The van der Waals surface area contributed by atoms with Gasteiger partial charge in [-0.1, -0.05) is 23.2 Å². The second kappa shape index (κ2) is 9.12. The van der Waals surface area contributed by atoms with Gasteiger partial charge in [-0.25, -0.2) is 9.13 Å². The zero-order valence-electron chi connectivity index (χ0n) is 13.6. The summed E-state index contributed by atoms with van der Waals surface area (Å²) >= 11 is 11.7. The monoisotopic (exact) mass is 452 g/mol. The largest absolute Gasteiger partial charge is 1.00 e. The Morgan fingerprint density at radius 2 is 1.35 bits per heavy atom. The molecule has 1 aromatic heterocycles. The fraction of sp³-hybridized carbons (Fsp3) is 0.105. The van der Waals surface area contributed by atoms with Crippen molar-refractivity contribution >= 4 is 34.8 Å². The first kappa shape index (κ1) is 20.4. The number of ketones is 2. The first-order valence-electron chi connectivity index (χ1n) is 7.63. The Balaban J connectivity index is 0.00000243. The lowest BCUT2D eigenvalue weighted by atomic mass is 10.1. The Hall–Kier alpha value is -1.95. The maximum atomic E-state index is 12.3. The van der Waals surface area contributed by atoms with Gasteiger partial charge >= 0.3 is 0 Å². The van der Waals surface area contributed by atoms with E-state index in [1.807, 2.05) is 0 Å². The number of hydrogen-bond acceptors (Lipinski definition) is 2. The molecule has 0 saturated carbocycles. The predicted octanol–water partition coefficient (Wildman–Crippen LogP) is 0.852. The highest BCUT2D eigenvalue weighted by Crippen LogP contribution is 2.11. The van der Waals surface area contributed by atoms with Gasteiger partial charge in [-0.05, 0) is 48.5 Å². The predicted molar refractivity (Wildman–Crippen MR) is 96.2 cm³/mol. The summed E-state index contributed by atoms with van der Waals surface area (Å²) in [6.07, 6.45) is 5.27. The zero-order valence-corrected chi connectivity index (χ0v) is 16.7. The van der Waals surface area contributed by atoms with Crippen LogP contribution in [-0.2, 0) is 13.1 Å². The molecule has 3 aromatic rings. The highest BCUT2D eigenvalue weighted by molar-refractivity contribution is 6.31. The van der Waals surface area contributed by atoms with Gasteiger partial charge in [0.25, 0.3) is 0 Å². The molecule has 0 aliphatic carbocycles. The van der Waals surface area contributed by atoms with Gasteiger partial charge in [0, 0.05) is 21.2 Å². The molecule has 0 radical (unpaired) electrons. The van der Waals surface area contributed by atoms with Crippen LogP contribution >= 0.6 is 23.2 Å². The number of hydrogen-bond donors (Lipinski definition) is 0. The Morgan fingerprint density at radius 3 is 1.88 bits per heavy atom. The van der Waals surface area contributed by atoms with E-state index in [-0.39, 0.29) is 41.6 Å². The quantitative estimate of drug-likeness (QED) is 0.410. The number of halogens is 3. The van der Waals surface area contributed by atoms with E-state index < -0.39 is 0 Å². The van der Waals surface area contributed by atoms with E-state index in [1.165, 1.54) is 0 Å². The van der Waals surface area contributed by atoms with Crippen molar-refractivity contribution in [2.45, 2.75) is 13.1 Å². The molecule has 0 aliphatic rings. The summed E-state index contributed by atoms with van der Waals surface area (Å²) in [5, 5.41) is 1.19. The number of Topliss-reactive ketones (excluding diaryl/α,β-unsaturated/α-hetero) is 2. The molecule has 3 rings (SSSR count). The fourth-order valence-corrected chi connectivity index (χ4v) is 2.66. The van der Waals surface area contributed by atoms with Gasteiger partial charge in [-0.2, -0.15) is 0 Å². The fourth-order valence-electron chi connectivity index (χ4n) is 2.41. The van der Waals surface area contributed by atoms with Crippen molar-refractivity contribution in [2.75, 3.05) is 0 Å². The van der Waals surface area contributed by atoms with Crippen molar-refractivity contribution in [2.24, 2.45) is 0 Å². The van der Waals surface area contributed by atoms with Crippen LogP contribution in [0.2, 0.25) is 10.0 Å². The normalized spacial score (nSPS) is 10.2. The highest BCUT2D eigenvalue weighted by Gasteiger charge is 2.14. The van der Waals surface area contributed by atoms with E-state index in [0.717, 1.165) is 0 Å². The molecular weight excluding hydrogens is 439 g/mol. The summed E-state index contributed by atoms with van der Waals surface area (Å²) in [6, 6.07) is 13.6. The van der Waals surface area contributed by atoms with E-state index >= 15 is 0 Å². The Morgan fingerprint density at radius 1 is 0.846 bits per heavy atom. The molecule has 2 aromatic carbocycles. The summed E-state index contributed by atoms with van der Waals surface area (Å²) in [7, 11) is 0. The van der Waals surface area contributed by atoms with Gasteiger partial charge in [0.2, 0.25) is 17.9 Å². The lowest BCUT2D eigenvalue weighted by molar-refractivity contribution is -0.682. The molecule has 0 spiro atoms. The molecule has 0 aliphatic heterocycles. The molecule has 1 heterocycles. The number of imidazole rings is 1.